The third kappa shape index (κ3) is 4.88. The van der Waals surface area contributed by atoms with E-state index in [2.05, 4.69) is 62.4 Å². The maximum Gasteiger partial charge on any atom is 0.134 e. The van der Waals surface area contributed by atoms with Crippen LogP contribution in [0.2, 0.25) is 0 Å². The van der Waals surface area contributed by atoms with Gasteiger partial charge in [0, 0.05) is 12.8 Å². The topological polar surface area (TPSA) is 17.1 Å². The van der Waals surface area contributed by atoms with Gasteiger partial charge in [-0.1, -0.05) is 74.2 Å². The average molecular weight is 403 g/mol. The zero-order valence-electron chi connectivity index (χ0n) is 18.9. The molecular formula is C29H38O. The predicted molar refractivity (Wildman–Crippen MR) is 126 cm³/mol. The van der Waals surface area contributed by atoms with Crippen molar-refractivity contribution in [2.24, 2.45) is 11.8 Å². The number of benzene rings is 2. The number of ketones is 1. The molecule has 2 aromatic rings. The van der Waals surface area contributed by atoms with E-state index in [-0.39, 0.29) is 0 Å². The van der Waals surface area contributed by atoms with Crippen molar-refractivity contribution in [1.82, 2.24) is 0 Å². The fourth-order valence-electron chi connectivity index (χ4n) is 6.36. The summed E-state index contributed by atoms with van der Waals surface area (Å²) < 4.78 is 0. The first kappa shape index (κ1) is 21.3. The maximum absolute atomic E-state index is 13.5. The Balaban J connectivity index is 1.55. The van der Waals surface area contributed by atoms with Gasteiger partial charge in [-0.05, 0) is 85.5 Å². The lowest BCUT2D eigenvalue weighted by Gasteiger charge is -2.28. The molecule has 1 heteroatoms. The molecule has 0 spiro atoms. The fraction of sp³-hybridized carbons (Fsp3) is 0.552. The number of Topliss-reactive ketones (excluding diaryl/α,β-unsaturated/α-hetero) is 1. The Labute approximate surface area is 183 Å². The Bertz CT molecular complexity index is 769. The summed E-state index contributed by atoms with van der Waals surface area (Å²) in [6, 6.07) is 17.6. The number of rotatable bonds is 8. The first-order chi connectivity index (χ1) is 14.6. The second kappa shape index (κ2) is 9.94. The van der Waals surface area contributed by atoms with E-state index < -0.39 is 0 Å². The summed E-state index contributed by atoms with van der Waals surface area (Å²) in [5.41, 5.74) is 5.55. The van der Waals surface area contributed by atoms with Crippen molar-refractivity contribution in [3.63, 3.8) is 0 Å². The van der Waals surface area contributed by atoms with Gasteiger partial charge in [-0.3, -0.25) is 4.79 Å². The predicted octanol–water partition coefficient (Wildman–Crippen LogP) is 7.90. The zero-order chi connectivity index (χ0) is 20.9. The molecule has 0 aromatic heterocycles. The number of hydrogen-bond acceptors (Lipinski definition) is 1. The monoisotopic (exact) mass is 402 g/mol. The van der Waals surface area contributed by atoms with Gasteiger partial charge < -0.3 is 0 Å². The Morgan fingerprint density at radius 3 is 1.43 bits per heavy atom. The smallest absolute Gasteiger partial charge is 0.134 e. The van der Waals surface area contributed by atoms with Gasteiger partial charge in [0.2, 0.25) is 0 Å². The van der Waals surface area contributed by atoms with Crippen LogP contribution in [0.1, 0.15) is 98.3 Å². The molecule has 4 rings (SSSR count). The van der Waals surface area contributed by atoms with Crippen LogP contribution in [0.25, 0.3) is 0 Å². The first-order valence-electron chi connectivity index (χ1n) is 12.3. The van der Waals surface area contributed by atoms with Crippen molar-refractivity contribution in [3.05, 3.63) is 70.8 Å². The molecule has 2 aliphatic rings. The fourth-order valence-corrected chi connectivity index (χ4v) is 6.36. The van der Waals surface area contributed by atoms with Crippen molar-refractivity contribution in [3.8, 4) is 0 Å². The van der Waals surface area contributed by atoms with Crippen LogP contribution in [-0.2, 0) is 4.79 Å². The number of aryl methyl sites for hydroxylation is 2. The highest BCUT2D eigenvalue weighted by atomic mass is 16.1. The van der Waals surface area contributed by atoms with Gasteiger partial charge in [-0.15, -0.1) is 0 Å². The third-order valence-electron chi connectivity index (χ3n) is 8.01. The van der Waals surface area contributed by atoms with E-state index in [1.54, 1.807) is 0 Å². The lowest BCUT2D eigenvalue weighted by Crippen LogP contribution is -2.20. The van der Waals surface area contributed by atoms with Crippen molar-refractivity contribution in [2.75, 3.05) is 0 Å². The summed E-state index contributed by atoms with van der Waals surface area (Å²) in [7, 11) is 0. The molecule has 2 aliphatic carbocycles. The lowest BCUT2D eigenvalue weighted by atomic mass is 9.75. The van der Waals surface area contributed by atoms with Crippen LogP contribution in [0.5, 0.6) is 0 Å². The van der Waals surface area contributed by atoms with Crippen LogP contribution in [-0.4, -0.2) is 5.78 Å². The van der Waals surface area contributed by atoms with Gasteiger partial charge in [0.15, 0.2) is 0 Å². The maximum atomic E-state index is 13.5. The van der Waals surface area contributed by atoms with Crippen LogP contribution in [0.15, 0.2) is 48.5 Å². The highest BCUT2D eigenvalue weighted by Crippen LogP contribution is 2.44. The van der Waals surface area contributed by atoms with Crippen molar-refractivity contribution in [1.29, 1.82) is 0 Å². The molecule has 0 saturated heterocycles. The third-order valence-corrected chi connectivity index (χ3v) is 8.01. The molecule has 0 bridgehead atoms. The molecule has 0 unspecified atom stereocenters. The van der Waals surface area contributed by atoms with E-state index in [9.17, 15) is 4.79 Å². The zero-order valence-corrected chi connectivity index (χ0v) is 18.9. The van der Waals surface area contributed by atoms with Crippen molar-refractivity contribution in [2.45, 2.75) is 89.9 Å². The molecule has 0 amide bonds. The molecule has 2 atom stereocenters. The molecule has 0 aliphatic heterocycles. The van der Waals surface area contributed by atoms with Crippen molar-refractivity contribution >= 4 is 5.78 Å². The molecule has 0 N–H and O–H groups in total. The Morgan fingerprint density at radius 1 is 0.700 bits per heavy atom. The minimum absolute atomic E-state index is 0.405. The van der Waals surface area contributed by atoms with Gasteiger partial charge in [0.1, 0.15) is 5.78 Å². The minimum atomic E-state index is 0.405. The first-order valence-corrected chi connectivity index (χ1v) is 12.3. The lowest BCUT2D eigenvalue weighted by molar-refractivity contribution is -0.120. The second-order valence-corrected chi connectivity index (χ2v) is 9.96. The largest absolute Gasteiger partial charge is 0.300 e. The van der Waals surface area contributed by atoms with E-state index in [1.165, 1.54) is 73.6 Å². The SMILES string of the molecule is Cc1ccccc1[C@@H](CC(=O)C[C@H](c1ccccc1C)C1CCCC1)C1CCCC1. The summed E-state index contributed by atoms with van der Waals surface area (Å²) in [5.74, 6) is 2.65. The molecule has 30 heavy (non-hydrogen) atoms. The highest BCUT2D eigenvalue weighted by molar-refractivity contribution is 5.80. The van der Waals surface area contributed by atoms with E-state index >= 15 is 0 Å². The van der Waals surface area contributed by atoms with E-state index in [4.69, 9.17) is 0 Å². The molecule has 2 aromatic carbocycles. The molecule has 2 saturated carbocycles. The second-order valence-electron chi connectivity index (χ2n) is 9.96. The number of carbonyl (C=O) groups is 1. The van der Waals surface area contributed by atoms with Crippen molar-refractivity contribution < 1.29 is 4.79 Å². The van der Waals surface area contributed by atoms with Gasteiger partial charge in [0.05, 0.1) is 0 Å². The number of hydrogen-bond donors (Lipinski definition) is 0. The van der Waals surface area contributed by atoms with E-state index in [0.717, 1.165) is 12.8 Å². The molecule has 1 nitrogen and oxygen atoms in total. The summed E-state index contributed by atoms with van der Waals surface area (Å²) in [4.78, 5) is 13.5. The van der Waals surface area contributed by atoms with Crippen LogP contribution in [0, 0.1) is 25.7 Å². The quantitative estimate of drug-likeness (QED) is 0.438. The summed E-state index contributed by atoms with van der Waals surface area (Å²) >= 11 is 0. The molecule has 2 fully saturated rings. The molecule has 160 valence electrons. The van der Waals surface area contributed by atoms with Crippen LogP contribution in [0.3, 0.4) is 0 Å². The van der Waals surface area contributed by atoms with Crippen LogP contribution < -0.4 is 0 Å². The van der Waals surface area contributed by atoms with E-state index in [0.29, 0.717) is 29.5 Å². The Hall–Kier alpha value is -1.89. The van der Waals surface area contributed by atoms with Crippen LogP contribution in [0.4, 0.5) is 0 Å². The number of carbonyl (C=O) groups excluding carboxylic acids is 1. The normalized spacial score (nSPS) is 19.8. The average Bonchev–Trinajstić information content (AvgIpc) is 3.46. The van der Waals surface area contributed by atoms with Gasteiger partial charge >= 0.3 is 0 Å². The van der Waals surface area contributed by atoms with Gasteiger partial charge in [0.25, 0.3) is 0 Å². The minimum Gasteiger partial charge on any atom is -0.300 e. The van der Waals surface area contributed by atoms with Crippen LogP contribution >= 0.6 is 0 Å². The Morgan fingerprint density at radius 2 is 1.07 bits per heavy atom. The summed E-state index contributed by atoms with van der Waals surface area (Å²) in [5, 5.41) is 0. The van der Waals surface area contributed by atoms with Gasteiger partial charge in [-0.2, -0.15) is 0 Å². The molecule has 0 heterocycles. The standard InChI is InChI=1S/C29H38O/c1-21-11-3-9-17-26(21)28(23-13-5-6-14-23)19-25(30)20-29(24-15-7-8-16-24)27-18-10-4-12-22(27)2/h3-4,9-12,17-18,23-24,28-29H,5-8,13-16,19-20H2,1-2H3/t28-,29-/m0/s1. The molecule has 0 radical (unpaired) electrons. The van der Waals surface area contributed by atoms with E-state index in [1.807, 2.05) is 0 Å². The Kier molecular flexibility index (Phi) is 7.08. The van der Waals surface area contributed by atoms with Gasteiger partial charge in [-0.25, -0.2) is 0 Å². The molecular weight excluding hydrogens is 364 g/mol. The summed E-state index contributed by atoms with van der Waals surface area (Å²) in [6.45, 7) is 4.44. The summed E-state index contributed by atoms with van der Waals surface area (Å²) in [6.07, 6.45) is 11.9. The highest BCUT2D eigenvalue weighted by Gasteiger charge is 2.32.